The highest BCUT2D eigenvalue weighted by molar-refractivity contribution is 5.87. The molecular weight excluding hydrogens is 218 g/mol. The minimum Gasteiger partial charge on any atom is -0.481 e. The van der Waals surface area contributed by atoms with Crippen LogP contribution in [0.1, 0.15) is 31.7 Å². The van der Waals surface area contributed by atoms with Gasteiger partial charge in [0.15, 0.2) is 0 Å². The third-order valence-electron chi connectivity index (χ3n) is 2.33. The molecule has 1 amide bonds. The zero-order valence-corrected chi connectivity index (χ0v) is 10.0. The Balaban J connectivity index is 2.88. The Morgan fingerprint density at radius 3 is 2.29 bits per heavy atom. The number of hydrogen-bond acceptors (Lipinski definition) is 2. The summed E-state index contributed by atoms with van der Waals surface area (Å²) in [6.07, 6.45) is -0.192. The second-order valence-corrected chi connectivity index (χ2v) is 4.22. The van der Waals surface area contributed by atoms with Crippen LogP contribution in [0.2, 0.25) is 0 Å². The molecule has 0 saturated carbocycles. The molecule has 17 heavy (non-hydrogen) atoms. The van der Waals surface area contributed by atoms with E-state index in [-0.39, 0.29) is 18.4 Å². The van der Waals surface area contributed by atoms with Crippen LogP contribution in [0.15, 0.2) is 30.3 Å². The molecule has 0 radical (unpaired) electrons. The van der Waals surface area contributed by atoms with E-state index in [4.69, 9.17) is 5.11 Å². The van der Waals surface area contributed by atoms with Gasteiger partial charge in [-0.25, -0.2) is 0 Å². The number of carbonyl (C=O) groups is 2. The van der Waals surface area contributed by atoms with E-state index in [0.717, 1.165) is 5.56 Å². The van der Waals surface area contributed by atoms with Gasteiger partial charge in [0.2, 0.25) is 5.91 Å². The average Bonchev–Trinajstić information content (AvgIpc) is 2.25. The van der Waals surface area contributed by atoms with E-state index in [1.54, 1.807) is 24.3 Å². The van der Waals surface area contributed by atoms with E-state index in [1.165, 1.54) is 0 Å². The summed E-state index contributed by atoms with van der Waals surface area (Å²) < 4.78 is 0. The lowest BCUT2D eigenvalue weighted by atomic mass is 9.94. The van der Waals surface area contributed by atoms with Gasteiger partial charge in [-0.2, -0.15) is 0 Å². The number of benzene rings is 1. The van der Waals surface area contributed by atoms with E-state index in [0.29, 0.717) is 0 Å². The molecule has 0 heterocycles. The summed E-state index contributed by atoms with van der Waals surface area (Å²) >= 11 is 0. The summed E-state index contributed by atoms with van der Waals surface area (Å²) in [5.41, 5.74) is 0.730. The minimum absolute atomic E-state index is 0.00232. The second kappa shape index (κ2) is 6.03. The molecule has 1 atom stereocenters. The molecule has 0 fully saturated rings. The molecule has 4 nitrogen and oxygen atoms in total. The van der Waals surface area contributed by atoms with Gasteiger partial charge in [0.1, 0.15) is 0 Å². The first kappa shape index (κ1) is 13.2. The Kier molecular flexibility index (Phi) is 4.69. The lowest BCUT2D eigenvalue weighted by molar-refractivity contribution is -0.139. The van der Waals surface area contributed by atoms with Crippen molar-refractivity contribution in [2.24, 2.45) is 0 Å². The monoisotopic (exact) mass is 235 g/mol. The molecule has 2 N–H and O–H groups in total. The quantitative estimate of drug-likeness (QED) is 0.817. The van der Waals surface area contributed by atoms with Crippen LogP contribution in [-0.4, -0.2) is 23.0 Å². The lowest BCUT2D eigenvalue weighted by Gasteiger charge is -2.17. The molecule has 0 aromatic heterocycles. The van der Waals surface area contributed by atoms with Crippen molar-refractivity contribution in [2.45, 2.75) is 32.2 Å². The number of carboxylic acid groups (broad SMARTS) is 1. The van der Waals surface area contributed by atoms with Crippen LogP contribution in [0.3, 0.4) is 0 Å². The summed E-state index contributed by atoms with van der Waals surface area (Å²) in [5, 5.41) is 11.6. The van der Waals surface area contributed by atoms with Crippen molar-refractivity contribution in [1.82, 2.24) is 5.32 Å². The number of carboxylic acids is 1. The van der Waals surface area contributed by atoms with Gasteiger partial charge < -0.3 is 10.4 Å². The maximum atomic E-state index is 11.9. The highest BCUT2D eigenvalue weighted by Crippen LogP contribution is 2.19. The minimum atomic E-state index is -0.974. The van der Waals surface area contributed by atoms with Crippen LogP contribution in [0, 0.1) is 0 Å². The summed E-state index contributed by atoms with van der Waals surface area (Å²) in [4.78, 5) is 22.7. The highest BCUT2D eigenvalue weighted by Gasteiger charge is 2.23. The Labute approximate surface area is 101 Å². The fourth-order valence-corrected chi connectivity index (χ4v) is 1.61. The highest BCUT2D eigenvalue weighted by atomic mass is 16.4. The molecule has 1 aromatic rings. The molecule has 1 rings (SSSR count). The van der Waals surface area contributed by atoms with Crippen LogP contribution in [-0.2, 0) is 9.59 Å². The number of amides is 1. The zero-order chi connectivity index (χ0) is 12.8. The zero-order valence-electron chi connectivity index (χ0n) is 10.0. The maximum absolute atomic E-state index is 11.9. The normalized spacial score (nSPS) is 12.2. The Hall–Kier alpha value is -1.84. The van der Waals surface area contributed by atoms with E-state index < -0.39 is 11.9 Å². The molecule has 0 spiro atoms. The first-order chi connectivity index (χ1) is 8.00. The van der Waals surface area contributed by atoms with Crippen molar-refractivity contribution in [2.75, 3.05) is 0 Å². The summed E-state index contributed by atoms with van der Waals surface area (Å²) in [6, 6.07) is 8.98. The van der Waals surface area contributed by atoms with Gasteiger partial charge >= 0.3 is 5.97 Å². The predicted molar refractivity (Wildman–Crippen MR) is 64.7 cm³/mol. The van der Waals surface area contributed by atoms with Crippen molar-refractivity contribution >= 4 is 11.9 Å². The molecule has 0 aliphatic heterocycles. The van der Waals surface area contributed by atoms with E-state index in [2.05, 4.69) is 5.32 Å². The summed E-state index contributed by atoms with van der Waals surface area (Å²) in [6.45, 7) is 3.70. The van der Waals surface area contributed by atoms with Crippen molar-refractivity contribution < 1.29 is 14.7 Å². The molecule has 4 heteroatoms. The number of aliphatic carboxylic acids is 1. The molecule has 1 aromatic carbocycles. The molecule has 0 aliphatic carbocycles. The molecule has 0 aliphatic rings. The van der Waals surface area contributed by atoms with E-state index in [9.17, 15) is 9.59 Å². The smallest absolute Gasteiger partial charge is 0.304 e. The fourth-order valence-electron chi connectivity index (χ4n) is 1.61. The molecular formula is C13H17NO3. The first-order valence-electron chi connectivity index (χ1n) is 5.58. The van der Waals surface area contributed by atoms with Crippen molar-refractivity contribution in [3.63, 3.8) is 0 Å². The lowest BCUT2D eigenvalue weighted by Crippen LogP contribution is -2.35. The van der Waals surface area contributed by atoms with E-state index in [1.807, 2.05) is 19.9 Å². The van der Waals surface area contributed by atoms with Crippen LogP contribution >= 0.6 is 0 Å². The van der Waals surface area contributed by atoms with Crippen molar-refractivity contribution in [3.8, 4) is 0 Å². The van der Waals surface area contributed by atoms with Gasteiger partial charge in [-0.05, 0) is 19.4 Å². The first-order valence-corrected chi connectivity index (χ1v) is 5.58. The number of carbonyl (C=O) groups excluding carboxylic acids is 1. The van der Waals surface area contributed by atoms with Gasteiger partial charge in [0, 0.05) is 6.04 Å². The SMILES string of the molecule is CC(C)NC(=O)[C@@H](CC(=O)O)c1ccccc1. The number of rotatable bonds is 5. The molecule has 92 valence electrons. The van der Waals surface area contributed by atoms with Gasteiger partial charge in [-0.1, -0.05) is 30.3 Å². The summed E-state index contributed by atoms with van der Waals surface area (Å²) in [5.74, 6) is -1.84. The Bertz CT molecular complexity index is 387. The van der Waals surface area contributed by atoms with Crippen LogP contribution in [0.25, 0.3) is 0 Å². The Morgan fingerprint density at radius 1 is 1.24 bits per heavy atom. The van der Waals surface area contributed by atoms with Crippen molar-refractivity contribution in [3.05, 3.63) is 35.9 Å². The fraction of sp³-hybridized carbons (Fsp3) is 0.385. The van der Waals surface area contributed by atoms with Gasteiger partial charge in [0.25, 0.3) is 0 Å². The largest absolute Gasteiger partial charge is 0.481 e. The average molecular weight is 235 g/mol. The van der Waals surface area contributed by atoms with Gasteiger partial charge in [-0.3, -0.25) is 9.59 Å². The standard InChI is InChI=1S/C13H17NO3/c1-9(2)14-13(17)11(8-12(15)16)10-6-4-3-5-7-10/h3-7,9,11H,8H2,1-2H3,(H,14,17)(H,15,16)/t11-/m0/s1. The molecule has 0 unspecified atom stereocenters. The van der Waals surface area contributed by atoms with Crippen LogP contribution in [0.5, 0.6) is 0 Å². The van der Waals surface area contributed by atoms with Crippen molar-refractivity contribution in [1.29, 1.82) is 0 Å². The van der Waals surface area contributed by atoms with E-state index >= 15 is 0 Å². The topological polar surface area (TPSA) is 66.4 Å². The maximum Gasteiger partial charge on any atom is 0.304 e. The Morgan fingerprint density at radius 2 is 1.82 bits per heavy atom. The van der Waals surface area contributed by atoms with Gasteiger partial charge in [-0.15, -0.1) is 0 Å². The van der Waals surface area contributed by atoms with Crippen LogP contribution < -0.4 is 5.32 Å². The summed E-state index contributed by atoms with van der Waals surface area (Å²) in [7, 11) is 0. The molecule has 0 bridgehead atoms. The van der Waals surface area contributed by atoms with Gasteiger partial charge in [0.05, 0.1) is 12.3 Å². The second-order valence-electron chi connectivity index (χ2n) is 4.22. The third-order valence-corrected chi connectivity index (χ3v) is 2.33. The van der Waals surface area contributed by atoms with Crippen LogP contribution in [0.4, 0.5) is 0 Å². The predicted octanol–water partition coefficient (Wildman–Crippen LogP) is 1.77. The third kappa shape index (κ3) is 4.26. The number of nitrogens with one attached hydrogen (secondary N) is 1. The molecule has 0 saturated heterocycles. The number of hydrogen-bond donors (Lipinski definition) is 2.